The first-order valence-corrected chi connectivity index (χ1v) is 9.67. The zero-order chi connectivity index (χ0) is 20.4. The zero-order valence-corrected chi connectivity index (χ0v) is 15.8. The molecule has 0 aromatic carbocycles. The number of carbonyl (C=O) groups excluding carboxylic acids is 2. The van der Waals surface area contributed by atoms with Gasteiger partial charge in [-0.05, 0) is 13.0 Å². The van der Waals surface area contributed by atoms with Crippen molar-refractivity contribution in [2.45, 2.75) is 30.1 Å². The van der Waals surface area contributed by atoms with E-state index in [1.165, 1.54) is 21.2 Å². The van der Waals surface area contributed by atoms with Gasteiger partial charge in [-0.15, -0.1) is 16.9 Å². The van der Waals surface area contributed by atoms with E-state index in [4.69, 9.17) is 10.5 Å². The minimum absolute atomic E-state index is 0.0316. The molecule has 150 valence electrons. The van der Waals surface area contributed by atoms with Gasteiger partial charge >= 0.3 is 5.97 Å². The number of ether oxygens (including phenoxy) is 1. The summed E-state index contributed by atoms with van der Waals surface area (Å²) in [5.41, 5.74) is 6.40. The number of aromatic nitrogens is 4. The highest BCUT2D eigenvalue weighted by molar-refractivity contribution is 7.99. The lowest BCUT2D eigenvalue weighted by molar-refractivity contribution is -0.163. The van der Waals surface area contributed by atoms with Gasteiger partial charge in [-0.25, -0.2) is 9.78 Å². The first kappa shape index (κ1) is 18.0. The molecule has 12 nitrogen and oxygen atoms in total. The molecule has 0 spiro atoms. The second-order valence-corrected chi connectivity index (χ2v) is 7.82. The van der Waals surface area contributed by atoms with Crippen LogP contribution in [-0.4, -0.2) is 78.0 Å². The summed E-state index contributed by atoms with van der Waals surface area (Å²) in [6, 6.07) is 0.984. The van der Waals surface area contributed by atoms with Crippen LogP contribution in [0.4, 0.5) is 0 Å². The number of carboxylic acid groups (broad SMARTS) is 1. The average Bonchev–Trinajstić information content (AvgIpc) is 3.24. The van der Waals surface area contributed by atoms with Crippen LogP contribution in [0.5, 0.6) is 0 Å². The summed E-state index contributed by atoms with van der Waals surface area (Å²) in [5.74, 6) is -1.88. The Morgan fingerprint density at radius 2 is 2.24 bits per heavy atom. The third kappa shape index (κ3) is 2.54. The number of hydrogen-bond acceptors (Lipinski definition) is 9. The van der Waals surface area contributed by atoms with Gasteiger partial charge in [0.25, 0.3) is 11.7 Å². The monoisotopic (exact) mass is 417 g/mol. The lowest BCUT2D eigenvalue weighted by Gasteiger charge is -2.48. The van der Waals surface area contributed by atoms with Crippen LogP contribution >= 0.6 is 11.8 Å². The quantitative estimate of drug-likeness (QED) is 0.296. The summed E-state index contributed by atoms with van der Waals surface area (Å²) in [5, 5.41) is 17.3. The number of aryl methyl sites for hydroxylation is 1. The summed E-state index contributed by atoms with van der Waals surface area (Å²) < 4.78 is 7.12. The minimum atomic E-state index is -1.17. The highest BCUT2D eigenvalue weighted by atomic mass is 32.2. The first-order valence-electron chi connectivity index (χ1n) is 8.68. The fourth-order valence-corrected chi connectivity index (χ4v) is 5.02. The van der Waals surface area contributed by atoms with Crippen molar-refractivity contribution in [1.82, 2.24) is 29.8 Å². The number of nitrogens with zero attached hydrogens (tertiary/aromatic N) is 5. The molecule has 4 N–H and O–H groups in total. The highest BCUT2D eigenvalue weighted by Gasteiger charge is 2.61. The molecule has 2 saturated heterocycles. The molecular weight excluding hydrogens is 402 g/mol. The molecule has 5 heterocycles. The number of amides is 2. The smallest absolute Gasteiger partial charge is 0.352 e. The third-order valence-corrected chi connectivity index (χ3v) is 6.16. The second-order valence-electron chi connectivity index (χ2n) is 6.83. The molecule has 2 aromatic rings. The summed E-state index contributed by atoms with van der Waals surface area (Å²) >= 11 is 1.29. The molecule has 3 atom stereocenters. The second kappa shape index (κ2) is 6.23. The van der Waals surface area contributed by atoms with Gasteiger partial charge < -0.3 is 15.6 Å². The molecule has 2 amide bonds. The van der Waals surface area contributed by atoms with Gasteiger partial charge in [-0.1, -0.05) is 0 Å². The highest BCUT2D eigenvalue weighted by Crippen LogP contribution is 2.43. The number of rotatable bonds is 5. The number of primary amides is 1. The van der Waals surface area contributed by atoms with Crippen molar-refractivity contribution in [3.8, 4) is 0 Å². The van der Waals surface area contributed by atoms with Crippen molar-refractivity contribution >= 4 is 35.3 Å². The lowest BCUT2D eigenvalue weighted by Crippen LogP contribution is -2.73. The standard InChI is InChI=1S/C16H15N7O5S/c1-5-2-7(23-16(19-5)20-13(21-23)12(17)24)29-3-6-9(15(26)27)22-10-8(14(22)25)18-4-28-11(6)10/h2,8,10-11,18H,3-4H2,1H3,(H2,17,24)(H,26,27)/t8-,10-,11?/m0/s1. The summed E-state index contributed by atoms with van der Waals surface area (Å²) in [7, 11) is 0. The van der Waals surface area contributed by atoms with E-state index in [0.29, 0.717) is 16.3 Å². The van der Waals surface area contributed by atoms with Crippen molar-refractivity contribution in [1.29, 1.82) is 0 Å². The Labute approximate surface area is 167 Å². The Balaban J connectivity index is 1.50. The maximum Gasteiger partial charge on any atom is 0.352 e. The topological polar surface area (TPSA) is 165 Å². The number of nitrogens with two attached hydrogens (primary N) is 1. The van der Waals surface area contributed by atoms with E-state index < -0.39 is 24.0 Å². The fourth-order valence-electron chi connectivity index (χ4n) is 3.91. The zero-order valence-electron chi connectivity index (χ0n) is 15.0. The number of aliphatic carboxylic acids is 1. The van der Waals surface area contributed by atoms with Crippen molar-refractivity contribution in [2.24, 2.45) is 5.73 Å². The SMILES string of the molecule is Cc1cc(SCC2=C(C(=O)O)N3C(=O)[C@H]4NCOC2[C@H]43)n2nc(C(N)=O)nc2n1. The molecule has 2 aromatic heterocycles. The van der Waals surface area contributed by atoms with Crippen LogP contribution in [-0.2, 0) is 14.3 Å². The Hall–Kier alpha value is -3.03. The van der Waals surface area contributed by atoms with Crippen molar-refractivity contribution < 1.29 is 24.2 Å². The van der Waals surface area contributed by atoms with E-state index in [1.807, 2.05) is 0 Å². The van der Waals surface area contributed by atoms with E-state index in [1.54, 1.807) is 13.0 Å². The molecule has 5 rings (SSSR count). The third-order valence-electron chi connectivity index (χ3n) is 5.11. The van der Waals surface area contributed by atoms with Gasteiger partial charge in [0.05, 0.1) is 12.8 Å². The number of β-lactam (4-membered cyclic amide) rings is 1. The maximum atomic E-state index is 12.3. The van der Waals surface area contributed by atoms with E-state index in [9.17, 15) is 19.5 Å². The molecule has 3 aliphatic heterocycles. The predicted molar refractivity (Wildman–Crippen MR) is 96.7 cm³/mol. The lowest BCUT2D eigenvalue weighted by atomic mass is 9.91. The number of thioether (sulfide) groups is 1. The summed E-state index contributed by atoms with van der Waals surface area (Å²) in [4.78, 5) is 45.1. The average molecular weight is 417 g/mol. The Bertz CT molecular complexity index is 1130. The number of hydrogen-bond donors (Lipinski definition) is 3. The van der Waals surface area contributed by atoms with Crippen molar-refractivity contribution in [3.63, 3.8) is 0 Å². The van der Waals surface area contributed by atoms with Crippen molar-refractivity contribution in [3.05, 3.63) is 28.9 Å². The van der Waals surface area contributed by atoms with Gasteiger partial charge in [0.1, 0.15) is 22.9 Å². The van der Waals surface area contributed by atoms with Gasteiger partial charge in [0.2, 0.25) is 11.7 Å². The van der Waals surface area contributed by atoms with Crippen LogP contribution in [0.1, 0.15) is 16.3 Å². The van der Waals surface area contributed by atoms with E-state index >= 15 is 0 Å². The Morgan fingerprint density at radius 3 is 2.97 bits per heavy atom. The van der Waals surface area contributed by atoms with E-state index in [2.05, 4.69) is 20.4 Å². The summed E-state index contributed by atoms with van der Waals surface area (Å²) in [6.07, 6.45) is -0.479. The number of carboxylic acids is 1. The Morgan fingerprint density at radius 1 is 1.45 bits per heavy atom. The van der Waals surface area contributed by atoms with Crippen LogP contribution in [0.2, 0.25) is 0 Å². The predicted octanol–water partition coefficient (Wildman–Crippen LogP) is -1.50. The molecule has 1 unspecified atom stereocenters. The number of nitrogens with one attached hydrogen (secondary N) is 1. The molecule has 3 aliphatic rings. The first-order chi connectivity index (χ1) is 13.9. The molecule has 13 heteroatoms. The fraction of sp³-hybridized carbons (Fsp3) is 0.375. The van der Waals surface area contributed by atoms with Crippen LogP contribution in [0.3, 0.4) is 0 Å². The Kier molecular flexibility index (Phi) is 3.88. The van der Waals surface area contributed by atoms with Gasteiger partial charge in [-0.3, -0.25) is 19.8 Å². The molecule has 0 aliphatic carbocycles. The summed E-state index contributed by atoms with van der Waals surface area (Å²) in [6.45, 7) is 1.95. The van der Waals surface area contributed by atoms with E-state index in [-0.39, 0.29) is 41.7 Å². The van der Waals surface area contributed by atoms with Crippen LogP contribution in [0.25, 0.3) is 5.78 Å². The molecule has 29 heavy (non-hydrogen) atoms. The van der Waals surface area contributed by atoms with Gasteiger partial charge in [0.15, 0.2) is 0 Å². The molecular formula is C16H15N7O5S. The van der Waals surface area contributed by atoms with Crippen LogP contribution in [0.15, 0.2) is 22.4 Å². The van der Waals surface area contributed by atoms with E-state index in [0.717, 1.165) is 0 Å². The van der Waals surface area contributed by atoms with Crippen LogP contribution < -0.4 is 11.1 Å². The van der Waals surface area contributed by atoms with Gasteiger partial charge in [0, 0.05) is 17.0 Å². The minimum Gasteiger partial charge on any atom is -0.477 e. The van der Waals surface area contributed by atoms with Crippen LogP contribution in [0, 0.1) is 6.92 Å². The maximum absolute atomic E-state index is 12.3. The largest absolute Gasteiger partial charge is 0.477 e. The normalized spacial score (nSPS) is 25.3. The number of fused-ring (bicyclic) bond motifs is 1. The molecule has 2 fully saturated rings. The molecule has 0 radical (unpaired) electrons. The number of carbonyl (C=O) groups is 3. The van der Waals surface area contributed by atoms with Gasteiger partial charge in [-0.2, -0.15) is 9.50 Å². The van der Waals surface area contributed by atoms with Crippen molar-refractivity contribution in [2.75, 3.05) is 12.5 Å². The molecule has 0 saturated carbocycles. The molecule has 0 bridgehead atoms.